The molecule has 3 rings (SSSR count). The molecule has 0 unspecified atom stereocenters. The summed E-state index contributed by atoms with van der Waals surface area (Å²) in [5.41, 5.74) is 3.98. The second kappa shape index (κ2) is 11.5. The Morgan fingerprint density at radius 2 is 1.69 bits per heavy atom. The van der Waals surface area contributed by atoms with Gasteiger partial charge < -0.3 is 14.8 Å². The highest BCUT2D eigenvalue weighted by Gasteiger charge is 2.17. The van der Waals surface area contributed by atoms with E-state index in [1.807, 2.05) is 64.9 Å². The van der Waals surface area contributed by atoms with Gasteiger partial charge >= 0.3 is 0 Å². The first-order valence-electron chi connectivity index (χ1n) is 11.6. The zero-order valence-electron chi connectivity index (χ0n) is 19.4. The van der Waals surface area contributed by atoms with Gasteiger partial charge in [0.25, 0.3) is 0 Å². The number of carbonyl (C=O) groups is 2. The highest BCUT2D eigenvalue weighted by atomic mass is 16.2. The Hall–Kier alpha value is -3.15. The number of nitrogens with zero attached hydrogens (tertiary/aromatic N) is 3. The van der Waals surface area contributed by atoms with Gasteiger partial charge in [-0.25, -0.2) is 4.98 Å². The number of nitrogens with one attached hydrogen (secondary N) is 1. The first-order valence-corrected chi connectivity index (χ1v) is 11.6. The average Bonchev–Trinajstić information content (AvgIpc) is 3.12. The molecule has 0 atom stereocenters. The van der Waals surface area contributed by atoms with E-state index in [-0.39, 0.29) is 18.4 Å². The van der Waals surface area contributed by atoms with E-state index < -0.39 is 0 Å². The predicted octanol–water partition coefficient (Wildman–Crippen LogP) is 3.89. The van der Waals surface area contributed by atoms with Gasteiger partial charge in [0.2, 0.25) is 11.8 Å². The number of aromatic nitrogens is 2. The van der Waals surface area contributed by atoms with Gasteiger partial charge in [0.1, 0.15) is 12.4 Å². The fraction of sp³-hybridized carbons (Fsp3) is 0.423. The molecule has 0 fully saturated rings. The number of imidazole rings is 1. The van der Waals surface area contributed by atoms with Gasteiger partial charge in [-0.15, -0.1) is 0 Å². The molecule has 0 saturated heterocycles. The number of para-hydroxylation sites is 2. The molecule has 0 aliphatic heterocycles. The number of hydrogen-bond donors (Lipinski definition) is 1. The molecule has 0 bridgehead atoms. The van der Waals surface area contributed by atoms with Crippen LogP contribution in [-0.4, -0.2) is 45.9 Å². The van der Waals surface area contributed by atoms with Crippen molar-refractivity contribution in [3.8, 4) is 0 Å². The summed E-state index contributed by atoms with van der Waals surface area (Å²) >= 11 is 0. The van der Waals surface area contributed by atoms with Crippen LogP contribution in [0.2, 0.25) is 0 Å². The van der Waals surface area contributed by atoms with Crippen LogP contribution >= 0.6 is 0 Å². The molecule has 2 amide bonds. The highest BCUT2D eigenvalue weighted by Crippen LogP contribution is 2.17. The molecule has 6 nitrogen and oxygen atoms in total. The van der Waals surface area contributed by atoms with Crippen LogP contribution < -0.4 is 5.32 Å². The van der Waals surface area contributed by atoms with Crippen LogP contribution in [0.25, 0.3) is 11.0 Å². The fourth-order valence-electron chi connectivity index (χ4n) is 3.99. The minimum atomic E-state index is -0.00453. The number of carbonyl (C=O) groups excluding carboxylic acids is 2. The number of rotatable bonds is 11. The average molecular weight is 435 g/mol. The molecule has 170 valence electrons. The van der Waals surface area contributed by atoms with Crippen LogP contribution in [0.5, 0.6) is 0 Å². The Kier molecular flexibility index (Phi) is 8.42. The van der Waals surface area contributed by atoms with E-state index in [0.717, 1.165) is 53.9 Å². The summed E-state index contributed by atoms with van der Waals surface area (Å²) in [6.07, 6.45) is 2.82. The number of benzene rings is 2. The molecule has 0 aliphatic rings. The zero-order chi connectivity index (χ0) is 22.9. The monoisotopic (exact) mass is 434 g/mol. The fourth-order valence-corrected chi connectivity index (χ4v) is 3.99. The van der Waals surface area contributed by atoms with Crippen LogP contribution in [0.15, 0.2) is 48.5 Å². The molecule has 2 aromatic carbocycles. The summed E-state index contributed by atoms with van der Waals surface area (Å²) in [5, 5.41) is 3.01. The summed E-state index contributed by atoms with van der Waals surface area (Å²) in [7, 11) is 0. The van der Waals surface area contributed by atoms with Crippen molar-refractivity contribution in [3.63, 3.8) is 0 Å². The van der Waals surface area contributed by atoms with Crippen LogP contribution in [0.4, 0.5) is 0 Å². The SMILES string of the molecule is CCCN(CCC)C(=O)Cn1c(CCNC(=O)Cc2ccccc2C)nc2ccccc21. The molecule has 1 heterocycles. The van der Waals surface area contributed by atoms with Crippen molar-refractivity contribution < 1.29 is 9.59 Å². The molecule has 0 saturated carbocycles. The number of fused-ring (bicyclic) bond motifs is 1. The van der Waals surface area contributed by atoms with Gasteiger partial charge in [-0.1, -0.05) is 50.2 Å². The highest BCUT2D eigenvalue weighted by molar-refractivity contribution is 5.81. The van der Waals surface area contributed by atoms with Gasteiger partial charge in [-0.3, -0.25) is 9.59 Å². The molecule has 6 heteroatoms. The number of hydrogen-bond acceptors (Lipinski definition) is 3. The summed E-state index contributed by atoms with van der Waals surface area (Å²) in [5.74, 6) is 0.931. The minimum Gasteiger partial charge on any atom is -0.355 e. The molecular formula is C26H34N4O2. The molecule has 1 N–H and O–H groups in total. The normalized spacial score (nSPS) is 11.0. The maximum Gasteiger partial charge on any atom is 0.242 e. The van der Waals surface area contributed by atoms with E-state index in [1.165, 1.54) is 0 Å². The van der Waals surface area contributed by atoms with E-state index in [4.69, 9.17) is 4.98 Å². The number of amides is 2. The third-order valence-electron chi connectivity index (χ3n) is 5.65. The lowest BCUT2D eigenvalue weighted by Crippen LogP contribution is -2.35. The van der Waals surface area contributed by atoms with Crippen molar-refractivity contribution in [2.75, 3.05) is 19.6 Å². The Balaban J connectivity index is 1.69. The maximum atomic E-state index is 13.0. The summed E-state index contributed by atoms with van der Waals surface area (Å²) < 4.78 is 2.00. The molecule has 0 aliphatic carbocycles. The van der Waals surface area contributed by atoms with Crippen LogP contribution in [0, 0.1) is 6.92 Å². The summed E-state index contributed by atoms with van der Waals surface area (Å²) in [6.45, 7) is 8.49. The van der Waals surface area contributed by atoms with Crippen molar-refractivity contribution in [1.82, 2.24) is 19.8 Å². The molecule has 0 radical (unpaired) electrons. The van der Waals surface area contributed by atoms with Crippen LogP contribution in [-0.2, 0) is 29.0 Å². The summed E-state index contributed by atoms with van der Waals surface area (Å²) in [4.78, 5) is 32.1. The zero-order valence-corrected chi connectivity index (χ0v) is 19.4. The lowest BCUT2D eigenvalue weighted by molar-refractivity contribution is -0.132. The van der Waals surface area contributed by atoms with E-state index >= 15 is 0 Å². The van der Waals surface area contributed by atoms with Crippen LogP contribution in [0.3, 0.4) is 0 Å². The van der Waals surface area contributed by atoms with Gasteiger partial charge in [-0.05, 0) is 43.0 Å². The Morgan fingerprint density at radius 3 is 2.41 bits per heavy atom. The molecule has 3 aromatic rings. The first-order chi connectivity index (χ1) is 15.5. The smallest absolute Gasteiger partial charge is 0.242 e. The maximum absolute atomic E-state index is 13.0. The molecule has 32 heavy (non-hydrogen) atoms. The largest absolute Gasteiger partial charge is 0.355 e. The van der Waals surface area contributed by atoms with E-state index in [1.54, 1.807) is 0 Å². The second-order valence-corrected chi connectivity index (χ2v) is 8.19. The third-order valence-corrected chi connectivity index (χ3v) is 5.65. The van der Waals surface area contributed by atoms with Crippen molar-refractivity contribution in [1.29, 1.82) is 0 Å². The van der Waals surface area contributed by atoms with Gasteiger partial charge in [0, 0.05) is 26.1 Å². The predicted molar refractivity (Wildman–Crippen MR) is 128 cm³/mol. The first kappa shape index (κ1) is 23.5. The second-order valence-electron chi connectivity index (χ2n) is 8.19. The molecular weight excluding hydrogens is 400 g/mol. The Labute approximate surface area is 190 Å². The van der Waals surface area contributed by atoms with E-state index in [2.05, 4.69) is 19.2 Å². The standard InChI is InChI=1S/C26H34N4O2/c1-4-16-29(17-5-2)26(32)19-30-23-13-9-8-12-22(23)28-24(30)14-15-27-25(31)18-21-11-7-6-10-20(21)3/h6-13H,4-5,14-19H2,1-3H3,(H,27,31). The van der Waals surface area contributed by atoms with Crippen molar-refractivity contribution in [3.05, 3.63) is 65.5 Å². The molecule has 0 spiro atoms. The van der Waals surface area contributed by atoms with Crippen LogP contribution in [0.1, 0.15) is 43.6 Å². The summed E-state index contributed by atoms with van der Waals surface area (Å²) in [6, 6.07) is 15.8. The lowest BCUT2D eigenvalue weighted by atomic mass is 10.1. The van der Waals surface area contributed by atoms with Gasteiger partial charge in [0.05, 0.1) is 17.5 Å². The Morgan fingerprint density at radius 1 is 1.00 bits per heavy atom. The molecule has 1 aromatic heterocycles. The van der Waals surface area contributed by atoms with Crippen molar-refractivity contribution in [2.24, 2.45) is 0 Å². The van der Waals surface area contributed by atoms with Crippen molar-refractivity contribution >= 4 is 22.8 Å². The van der Waals surface area contributed by atoms with E-state index in [0.29, 0.717) is 19.4 Å². The third kappa shape index (κ3) is 5.96. The Bertz CT molecular complexity index is 1050. The lowest BCUT2D eigenvalue weighted by Gasteiger charge is -2.22. The number of aryl methyl sites for hydroxylation is 1. The van der Waals surface area contributed by atoms with Crippen molar-refractivity contribution in [2.45, 2.75) is 53.0 Å². The quantitative estimate of drug-likeness (QED) is 0.498. The van der Waals surface area contributed by atoms with E-state index in [9.17, 15) is 9.59 Å². The minimum absolute atomic E-state index is 0.00453. The van der Waals surface area contributed by atoms with Gasteiger partial charge in [-0.2, -0.15) is 0 Å². The van der Waals surface area contributed by atoms with Gasteiger partial charge in [0.15, 0.2) is 0 Å². The topological polar surface area (TPSA) is 67.2 Å².